The number of nitrogens with one attached hydrogen (secondary N) is 1. The van der Waals surface area contributed by atoms with Crippen molar-refractivity contribution < 1.29 is 29.6 Å². The summed E-state index contributed by atoms with van der Waals surface area (Å²) < 4.78 is 6.06. The molecule has 0 bridgehead atoms. The van der Waals surface area contributed by atoms with Crippen LogP contribution in [-0.2, 0) is 0 Å². The number of carbonyl (C=O) groups excluding carboxylic acids is 1. The van der Waals surface area contributed by atoms with Gasteiger partial charge in [0.05, 0.1) is 23.9 Å². The lowest BCUT2D eigenvalue weighted by Crippen LogP contribution is -2.36. The summed E-state index contributed by atoms with van der Waals surface area (Å²) in [6.07, 6.45) is 4.56. The first-order valence-corrected chi connectivity index (χ1v) is 15.0. The first-order chi connectivity index (χ1) is 20.6. The minimum atomic E-state index is -1.83. The molecule has 1 aliphatic rings. The monoisotopic (exact) mass is 647 g/mol. The third kappa shape index (κ3) is 11.3. The fourth-order valence-corrected chi connectivity index (χ4v) is 5.38. The van der Waals surface area contributed by atoms with Gasteiger partial charge < -0.3 is 30.3 Å². The van der Waals surface area contributed by atoms with Crippen molar-refractivity contribution in [2.45, 2.75) is 58.4 Å². The minimum absolute atomic E-state index is 0. The van der Waals surface area contributed by atoms with Gasteiger partial charge >= 0.3 is 6.16 Å². The Bertz CT molecular complexity index is 1380. The van der Waals surface area contributed by atoms with E-state index >= 15 is 0 Å². The van der Waals surface area contributed by atoms with Crippen LogP contribution in [0.4, 0.5) is 4.79 Å². The van der Waals surface area contributed by atoms with Crippen LogP contribution in [0.1, 0.15) is 60.1 Å². The van der Waals surface area contributed by atoms with Gasteiger partial charge in [0.25, 0.3) is 5.91 Å². The van der Waals surface area contributed by atoms with E-state index in [9.17, 15) is 4.79 Å². The molecule has 0 saturated heterocycles. The summed E-state index contributed by atoms with van der Waals surface area (Å²) in [5.74, 6) is 0.456. The molecule has 0 radical (unpaired) electrons. The van der Waals surface area contributed by atoms with E-state index in [-0.39, 0.29) is 31.0 Å². The predicted molar refractivity (Wildman–Crippen MR) is 177 cm³/mol. The third-order valence-corrected chi connectivity index (χ3v) is 7.68. The Balaban J connectivity index is 0.00000127. The van der Waals surface area contributed by atoms with Crippen LogP contribution in [0.2, 0.25) is 5.02 Å². The number of benzene rings is 2. The second-order valence-corrected chi connectivity index (χ2v) is 11.3. The average Bonchev–Trinajstić information content (AvgIpc) is 2.96. The van der Waals surface area contributed by atoms with Gasteiger partial charge in [-0.3, -0.25) is 4.79 Å². The van der Waals surface area contributed by atoms with Crippen molar-refractivity contribution in [3.8, 4) is 28.1 Å². The first kappa shape index (κ1) is 36.8. The number of hydrogen-bond acceptors (Lipinski definition) is 6. The second kappa shape index (κ2) is 18.4. The molecule has 1 aliphatic carbocycles. The number of pyridine rings is 1. The smallest absolute Gasteiger partial charge is 0.492 e. The van der Waals surface area contributed by atoms with E-state index in [2.05, 4.69) is 42.3 Å². The number of rotatable bonds is 11. The van der Waals surface area contributed by atoms with Crippen molar-refractivity contribution in [3.05, 3.63) is 70.4 Å². The molecule has 44 heavy (non-hydrogen) atoms. The molecule has 4 rings (SSSR count). The zero-order chi connectivity index (χ0) is 31.4. The maximum absolute atomic E-state index is 13.2. The number of nitrogens with zero attached hydrogens (tertiary/aromatic N) is 2. The number of halogens is 2. The SMILES string of the molecule is Cc1ccc(-c2ccc(C(=O)NC3CCCCC3)nc2-c2ccc(Cl)c(OCCCN(C)CCO)c2)c(C)c1.Cl.O=C(O)O. The largest absolute Gasteiger partial charge is 0.503 e. The molecule has 240 valence electrons. The van der Waals surface area contributed by atoms with Crippen molar-refractivity contribution in [1.29, 1.82) is 0 Å². The van der Waals surface area contributed by atoms with Crippen LogP contribution in [0.15, 0.2) is 48.5 Å². The predicted octanol–water partition coefficient (Wildman–Crippen LogP) is 7.09. The van der Waals surface area contributed by atoms with Crippen molar-refractivity contribution in [2.75, 3.05) is 33.4 Å². The second-order valence-electron chi connectivity index (χ2n) is 10.9. The molecule has 1 saturated carbocycles. The van der Waals surface area contributed by atoms with Crippen LogP contribution >= 0.6 is 24.0 Å². The number of hydrogen-bond donors (Lipinski definition) is 4. The fraction of sp³-hybridized carbons (Fsp3) is 0.424. The van der Waals surface area contributed by atoms with Crippen LogP contribution in [0.3, 0.4) is 0 Å². The molecule has 0 spiro atoms. The average molecular weight is 649 g/mol. The Hall–Kier alpha value is -3.37. The highest BCUT2D eigenvalue weighted by Crippen LogP contribution is 2.37. The zero-order valence-electron chi connectivity index (χ0n) is 25.5. The molecule has 11 heteroatoms. The van der Waals surface area contributed by atoms with Gasteiger partial charge in [-0.2, -0.15) is 0 Å². The number of ether oxygens (including phenoxy) is 1. The van der Waals surface area contributed by atoms with Crippen LogP contribution in [0, 0.1) is 13.8 Å². The summed E-state index contributed by atoms with van der Waals surface area (Å²) in [4.78, 5) is 28.7. The molecule has 0 aliphatic heterocycles. The number of amides is 1. The summed E-state index contributed by atoms with van der Waals surface area (Å²) in [6, 6.07) is 16.1. The van der Waals surface area contributed by atoms with E-state index in [1.165, 1.54) is 12.0 Å². The van der Waals surface area contributed by atoms with Crippen molar-refractivity contribution in [1.82, 2.24) is 15.2 Å². The Morgan fingerprint density at radius 1 is 1.00 bits per heavy atom. The quantitative estimate of drug-likeness (QED) is 0.162. The van der Waals surface area contributed by atoms with E-state index < -0.39 is 6.16 Å². The molecule has 4 N–H and O–H groups in total. The Kier molecular flexibility index (Phi) is 15.4. The summed E-state index contributed by atoms with van der Waals surface area (Å²) in [7, 11) is 1.97. The van der Waals surface area contributed by atoms with E-state index in [1.54, 1.807) is 0 Å². The maximum Gasteiger partial charge on any atom is 0.503 e. The number of aromatic nitrogens is 1. The highest BCUT2D eigenvalue weighted by molar-refractivity contribution is 6.32. The number of aliphatic hydroxyl groups is 1. The Morgan fingerprint density at radius 3 is 2.34 bits per heavy atom. The molecule has 1 heterocycles. The normalized spacial score (nSPS) is 13.0. The molecule has 1 aromatic heterocycles. The van der Waals surface area contributed by atoms with Crippen molar-refractivity contribution in [3.63, 3.8) is 0 Å². The van der Waals surface area contributed by atoms with Crippen LogP contribution in [0.25, 0.3) is 22.4 Å². The maximum atomic E-state index is 13.2. The topological polar surface area (TPSA) is 132 Å². The zero-order valence-corrected chi connectivity index (χ0v) is 27.1. The molecule has 9 nitrogen and oxygen atoms in total. The molecule has 2 aromatic carbocycles. The first-order valence-electron chi connectivity index (χ1n) is 14.6. The van der Waals surface area contributed by atoms with Gasteiger partial charge in [-0.25, -0.2) is 9.78 Å². The van der Waals surface area contributed by atoms with E-state index in [0.717, 1.165) is 66.6 Å². The number of carbonyl (C=O) groups is 2. The van der Waals surface area contributed by atoms with Gasteiger partial charge in [0.2, 0.25) is 0 Å². The number of aryl methyl sites for hydroxylation is 2. The van der Waals surface area contributed by atoms with Gasteiger partial charge in [-0.1, -0.05) is 60.7 Å². The van der Waals surface area contributed by atoms with Gasteiger partial charge in [0, 0.05) is 30.3 Å². The molecule has 3 aromatic rings. The summed E-state index contributed by atoms with van der Waals surface area (Å²) in [5.41, 5.74) is 6.35. The van der Waals surface area contributed by atoms with Crippen molar-refractivity contribution >= 4 is 36.1 Å². The van der Waals surface area contributed by atoms with E-state index in [0.29, 0.717) is 29.6 Å². The van der Waals surface area contributed by atoms with Gasteiger partial charge in [0.1, 0.15) is 11.4 Å². The van der Waals surface area contributed by atoms with Crippen LogP contribution in [-0.4, -0.2) is 76.7 Å². The number of carboxylic acid groups (broad SMARTS) is 2. The van der Waals surface area contributed by atoms with Crippen molar-refractivity contribution in [2.24, 2.45) is 0 Å². The van der Waals surface area contributed by atoms with Crippen LogP contribution in [0.5, 0.6) is 5.75 Å². The molecule has 1 amide bonds. The Labute approximate surface area is 270 Å². The van der Waals surface area contributed by atoms with Gasteiger partial charge in [0.15, 0.2) is 0 Å². The molecule has 0 atom stereocenters. The summed E-state index contributed by atoms with van der Waals surface area (Å²) in [6.45, 7) is 6.26. The molecule has 0 unspecified atom stereocenters. The highest BCUT2D eigenvalue weighted by atomic mass is 35.5. The fourth-order valence-electron chi connectivity index (χ4n) is 5.21. The van der Waals surface area contributed by atoms with Gasteiger partial charge in [-0.15, -0.1) is 12.4 Å². The molecule has 1 fully saturated rings. The lowest BCUT2D eigenvalue weighted by Gasteiger charge is -2.23. The lowest BCUT2D eigenvalue weighted by molar-refractivity contribution is 0.0922. The van der Waals surface area contributed by atoms with E-state index in [1.807, 2.05) is 37.4 Å². The highest BCUT2D eigenvalue weighted by Gasteiger charge is 2.20. The molecular formula is C33H43Cl2N3O6. The van der Waals surface area contributed by atoms with Crippen LogP contribution < -0.4 is 10.1 Å². The number of aliphatic hydroxyl groups excluding tert-OH is 1. The minimum Gasteiger partial charge on any atom is -0.492 e. The summed E-state index contributed by atoms with van der Waals surface area (Å²) in [5, 5.41) is 26.8. The van der Waals surface area contributed by atoms with Gasteiger partial charge in [-0.05, 0) is 75.5 Å². The van der Waals surface area contributed by atoms with E-state index in [4.69, 9.17) is 41.4 Å². The lowest BCUT2D eigenvalue weighted by atomic mass is 9.94. The third-order valence-electron chi connectivity index (χ3n) is 7.37. The summed E-state index contributed by atoms with van der Waals surface area (Å²) >= 11 is 6.51. The number of likely N-dealkylation sites (N-methyl/N-ethyl adjacent to an activating group) is 1. The Morgan fingerprint density at radius 2 is 1.68 bits per heavy atom. The molecular weight excluding hydrogens is 605 g/mol. The standard InChI is InChI=1S/C32H40ClN3O3.CH2O3.ClH/c1-22-10-12-26(23(2)20-22)27-13-15-29(32(38)34-25-8-5-4-6-9-25)35-31(27)24-11-14-28(33)30(21-24)39-19-7-16-36(3)17-18-37;2-1(3)4;/h10-15,20-21,25,37H,4-9,16-19H2,1-3H3,(H,34,38);(H2,2,3,4);1H.